The Labute approximate surface area is 230 Å². The minimum Gasteiger partial charge on any atom is -0.415 e. The zero-order valence-electron chi connectivity index (χ0n) is 21.9. The topological polar surface area (TPSA) is 97.8 Å². The van der Waals surface area contributed by atoms with Crippen LogP contribution in [0.25, 0.3) is 44.5 Å². The maximum absolute atomic E-state index is 15.8. The summed E-state index contributed by atoms with van der Waals surface area (Å²) in [6.07, 6.45) is 1.17. The Morgan fingerprint density at radius 1 is 1.10 bits per heavy atom. The smallest absolute Gasteiger partial charge is 0.329 e. The van der Waals surface area contributed by atoms with Crippen molar-refractivity contribution in [3.8, 4) is 22.6 Å². The second-order valence-electron chi connectivity index (χ2n) is 10.3. The third-order valence-electron chi connectivity index (χ3n) is 7.69. The minimum absolute atomic E-state index is 0.0606. The summed E-state index contributed by atoms with van der Waals surface area (Å²) >= 11 is 0. The van der Waals surface area contributed by atoms with Crippen molar-refractivity contribution >= 4 is 21.9 Å². The SMILES string of the molecule is CN1CC[C@@H](n2c(=O)n(Cc3ccc(-c4nnc(C(F)F)o4)cn3)c3cc(F)c(-c4cccc5[nH]ccc45)cc32)C1. The van der Waals surface area contributed by atoms with Crippen LogP contribution < -0.4 is 5.69 Å². The number of H-pyrrole nitrogens is 1. The largest absolute Gasteiger partial charge is 0.415 e. The fourth-order valence-corrected chi connectivity index (χ4v) is 5.70. The molecule has 0 saturated carbocycles. The summed E-state index contributed by atoms with van der Waals surface area (Å²) in [4.78, 5) is 23.7. The lowest BCUT2D eigenvalue weighted by atomic mass is 10.0. The monoisotopic (exact) mass is 559 g/mol. The van der Waals surface area contributed by atoms with Crippen LogP contribution in [0.3, 0.4) is 0 Å². The molecular formula is C29H24F3N7O2. The second kappa shape index (κ2) is 9.73. The normalized spacial score (nSPS) is 16.1. The number of imidazole rings is 1. The first kappa shape index (κ1) is 25.3. The van der Waals surface area contributed by atoms with Gasteiger partial charge in [0.05, 0.1) is 34.9 Å². The maximum atomic E-state index is 15.8. The number of hydrogen-bond donors (Lipinski definition) is 1. The molecule has 1 atom stereocenters. The standard InChI is InChI=1S/C29H24F3N7O2/c1-37-10-8-18(15-37)39-25-11-21(19-3-2-4-23-20(19)7-9-33-23)22(30)12-24(25)38(29(39)40)14-17-6-5-16(13-34-17)27-35-36-28(41-27)26(31)32/h2-7,9,11-13,18,26,33H,8,10,14-15H2,1H3/t18-/m1/s1. The minimum atomic E-state index is -2.87. The van der Waals surface area contributed by atoms with Crippen LogP contribution in [0.1, 0.15) is 30.5 Å². The van der Waals surface area contributed by atoms with E-state index in [1.165, 1.54) is 16.8 Å². The number of hydrogen-bond acceptors (Lipinski definition) is 6. The van der Waals surface area contributed by atoms with Crippen LogP contribution in [0.5, 0.6) is 0 Å². The van der Waals surface area contributed by atoms with Gasteiger partial charge in [-0.15, -0.1) is 10.2 Å². The van der Waals surface area contributed by atoms with Gasteiger partial charge in [0.1, 0.15) is 5.82 Å². The fraction of sp³-hybridized carbons (Fsp3) is 0.241. The number of benzene rings is 2. The quantitative estimate of drug-likeness (QED) is 0.294. The molecule has 4 aromatic heterocycles. The molecule has 9 nitrogen and oxygen atoms in total. The van der Waals surface area contributed by atoms with Crippen LogP contribution in [0.4, 0.5) is 13.2 Å². The van der Waals surface area contributed by atoms with Gasteiger partial charge in [-0.25, -0.2) is 9.18 Å². The van der Waals surface area contributed by atoms with Gasteiger partial charge in [-0.05, 0) is 55.9 Å². The van der Waals surface area contributed by atoms with E-state index in [0.717, 1.165) is 29.4 Å². The second-order valence-corrected chi connectivity index (χ2v) is 10.3. The number of pyridine rings is 1. The molecule has 0 spiro atoms. The predicted molar refractivity (Wildman–Crippen MR) is 146 cm³/mol. The van der Waals surface area contributed by atoms with E-state index < -0.39 is 18.1 Å². The van der Waals surface area contributed by atoms with E-state index in [-0.39, 0.29) is 24.2 Å². The molecular weight excluding hydrogens is 535 g/mol. The lowest BCUT2D eigenvalue weighted by Gasteiger charge is -2.13. The number of aromatic nitrogens is 6. The molecule has 6 aromatic rings. The molecule has 0 bridgehead atoms. The van der Waals surface area contributed by atoms with E-state index in [1.807, 2.05) is 37.5 Å². The molecule has 1 fully saturated rings. The van der Waals surface area contributed by atoms with Crippen LogP contribution in [0.15, 0.2) is 70.1 Å². The molecule has 2 aromatic carbocycles. The summed E-state index contributed by atoms with van der Waals surface area (Å²) in [5.41, 5.74) is 3.82. The summed E-state index contributed by atoms with van der Waals surface area (Å²) in [6, 6.07) is 14.0. The Bertz CT molecular complexity index is 1960. The maximum Gasteiger partial charge on any atom is 0.329 e. The highest BCUT2D eigenvalue weighted by Crippen LogP contribution is 2.34. The first-order chi connectivity index (χ1) is 19.9. The van der Waals surface area contributed by atoms with E-state index in [9.17, 15) is 13.6 Å². The lowest BCUT2D eigenvalue weighted by Crippen LogP contribution is -2.29. The van der Waals surface area contributed by atoms with Crippen molar-refractivity contribution < 1.29 is 17.6 Å². The zero-order valence-corrected chi connectivity index (χ0v) is 21.9. The third-order valence-corrected chi connectivity index (χ3v) is 7.69. The summed E-state index contributed by atoms with van der Waals surface area (Å²) in [5.74, 6) is -1.28. The molecule has 1 aliphatic heterocycles. The number of nitrogens with one attached hydrogen (secondary N) is 1. The van der Waals surface area contributed by atoms with Crippen molar-refractivity contribution in [1.82, 2.24) is 34.2 Å². The first-order valence-corrected chi connectivity index (χ1v) is 13.1. The Morgan fingerprint density at radius 3 is 2.71 bits per heavy atom. The predicted octanol–water partition coefficient (Wildman–Crippen LogP) is 5.40. The van der Waals surface area contributed by atoms with Gasteiger partial charge in [-0.3, -0.25) is 14.1 Å². The van der Waals surface area contributed by atoms with Crippen LogP contribution in [0.2, 0.25) is 0 Å². The molecule has 0 amide bonds. The average molecular weight is 560 g/mol. The molecule has 1 N–H and O–H groups in total. The summed E-state index contributed by atoms with van der Waals surface area (Å²) in [5, 5.41) is 7.88. The van der Waals surface area contributed by atoms with E-state index in [0.29, 0.717) is 34.4 Å². The van der Waals surface area contributed by atoms with Crippen LogP contribution in [-0.4, -0.2) is 54.3 Å². The van der Waals surface area contributed by atoms with Crippen LogP contribution in [-0.2, 0) is 6.54 Å². The average Bonchev–Trinajstić information content (AvgIpc) is 3.76. The van der Waals surface area contributed by atoms with Gasteiger partial charge < -0.3 is 14.3 Å². The number of rotatable bonds is 6. The Morgan fingerprint density at radius 2 is 1.98 bits per heavy atom. The number of alkyl halides is 2. The summed E-state index contributed by atoms with van der Waals surface area (Å²) < 4.78 is 49.8. The molecule has 0 aliphatic carbocycles. The van der Waals surface area contributed by atoms with Crippen molar-refractivity contribution in [3.05, 3.63) is 88.8 Å². The molecule has 5 heterocycles. The number of nitrogens with zero attached hydrogens (tertiary/aromatic N) is 6. The Hall–Kier alpha value is -4.71. The zero-order chi connectivity index (χ0) is 28.2. The third kappa shape index (κ3) is 4.31. The highest BCUT2D eigenvalue weighted by molar-refractivity contribution is 5.97. The fourth-order valence-electron chi connectivity index (χ4n) is 5.70. The molecule has 1 saturated heterocycles. The first-order valence-electron chi connectivity index (χ1n) is 13.1. The number of fused-ring (bicyclic) bond motifs is 2. The Balaban J connectivity index is 1.32. The van der Waals surface area contributed by atoms with Crippen molar-refractivity contribution in [1.29, 1.82) is 0 Å². The highest BCUT2D eigenvalue weighted by atomic mass is 19.3. The van der Waals surface area contributed by atoms with Gasteiger partial charge in [-0.1, -0.05) is 12.1 Å². The lowest BCUT2D eigenvalue weighted by molar-refractivity contribution is 0.116. The van der Waals surface area contributed by atoms with Crippen molar-refractivity contribution in [2.24, 2.45) is 0 Å². The van der Waals surface area contributed by atoms with Crippen LogP contribution >= 0.6 is 0 Å². The molecule has 1 aliphatic rings. The van der Waals surface area contributed by atoms with E-state index in [2.05, 4.69) is 25.1 Å². The van der Waals surface area contributed by atoms with Crippen LogP contribution in [0, 0.1) is 5.82 Å². The molecule has 0 unspecified atom stereocenters. The van der Waals surface area contributed by atoms with Gasteiger partial charge in [0.2, 0.25) is 5.89 Å². The molecule has 208 valence electrons. The highest BCUT2D eigenvalue weighted by Gasteiger charge is 2.28. The molecule has 0 radical (unpaired) electrons. The number of likely N-dealkylation sites (tertiary alicyclic amines) is 1. The summed E-state index contributed by atoms with van der Waals surface area (Å²) in [7, 11) is 2.01. The van der Waals surface area contributed by atoms with Gasteiger partial charge in [-0.2, -0.15) is 8.78 Å². The van der Waals surface area contributed by atoms with Gasteiger partial charge in [0.15, 0.2) is 0 Å². The number of halogens is 3. The van der Waals surface area contributed by atoms with Crippen molar-refractivity contribution in [2.75, 3.05) is 20.1 Å². The van der Waals surface area contributed by atoms with E-state index >= 15 is 4.39 Å². The van der Waals surface area contributed by atoms with Gasteiger partial charge >= 0.3 is 12.1 Å². The molecule has 12 heteroatoms. The molecule has 7 rings (SSSR count). The van der Waals surface area contributed by atoms with Gasteiger partial charge in [0.25, 0.3) is 5.89 Å². The van der Waals surface area contributed by atoms with E-state index in [1.54, 1.807) is 22.8 Å². The van der Waals surface area contributed by atoms with E-state index in [4.69, 9.17) is 4.42 Å². The van der Waals surface area contributed by atoms with Crippen molar-refractivity contribution in [2.45, 2.75) is 25.4 Å². The Kier molecular flexibility index (Phi) is 6.00. The summed E-state index contributed by atoms with van der Waals surface area (Å²) in [6.45, 7) is 1.65. The number of likely N-dealkylation sites (N-methyl/N-ethyl adjacent to an activating group) is 1. The number of aromatic amines is 1. The van der Waals surface area contributed by atoms with Gasteiger partial charge in [0, 0.05) is 41.5 Å². The van der Waals surface area contributed by atoms with Crippen molar-refractivity contribution in [3.63, 3.8) is 0 Å². The molecule has 41 heavy (non-hydrogen) atoms.